The van der Waals surface area contributed by atoms with Gasteiger partial charge in [0.15, 0.2) is 5.13 Å². The van der Waals surface area contributed by atoms with Crippen LogP contribution in [0.25, 0.3) is 0 Å². The summed E-state index contributed by atoms with van der Waals surface area (Å²) < 4.78 is 5.47. The molecule has 2 fully saturated rings. The van der Waals surface area contributed by atoms with Gasteiger partial charge in [0, 0.05) is 43.0 Å². The predicted molar refractivity (Wildman–Crippen MR) is 115 cm³/mol. The third-order valence-electron chi connectivity index (χ3n) is 5.19. The molecule has 1 N–H and O–H groups in total. The molecule has 0 bridgehead atoms. The lowest BCUT2D eigenvalue weighted by molar-refractivity contribution is -0.145. The molecule has 8 nitrogen and oxygen atoms in total. The molecule has 0 saturated carbocycles. The number of hydrogen-bond donors (Lipinski definition) is 1. The lowest BCUT2D eigenvalue weighted by Crippen LogP contribution is -2.53. The molecule has 1 atom stereocenters. The fourth-order valence-electron chi connectivity index (χ4n) is 3.60. The average molecular weight is 449 g/mol. The van der Waals surface area contributed by atoms with E-state index in [0.29, 0.717) is 50.0 Å². The van der Waals surface area contributed by atoms with Gasteiger partial charge in [-0.1, -0.05) is 6.07 Å². The average Bonchev–Trinajstić information content (AvgIpc) is 3.51. The van der Waals surface area contributed by atoms with Gasteiger partial charge in [0.2, 0.25) is 11.8 Å². The monoisotopic (exact) mass is 448 g/mol. The number of hydrogen-bond acceptors (Lipinski definition) is 7. The van der Waals surface area contributed by atoms with E-state index in [-0.39, 0.29) is 30.2 Å². The van der Waals surface area contributed by atoms with Gasteiger partial charge in [-0.15, -0.1) is 22.7 Å². The maximum atomic E-state index is 12.6. The standard InChI is InChI=1S/C20H24N4O4S2/c25-17(12-15-3-2-10-29-15)22-20-21-14(13-30-20)11-18(26)23-5-7-24(8-6-23)19(27)16-4-1-9-28-16/h2-3,10,13,16H,1,4-9,11-12H2,(H,21,22,25). The SMILES string of the molecule is O=C(Cc1cccs1)Nc1nc(CC(=O)N2CCN(C(=O)C3CCCO3)CC2)cs1. The van der Waals surface area contributed by atoms with Gasteiger partial charge in [-0.2, -0.15) is 0 Å². The van der Waals surface area contributed by atoms with Crippen molar-refractivity contribution in [2.75, 3.05) is 38.1 Å². The van der Waals surface area contributed by atoms with E-state index >= 15 is 0 Å². The highest BCUT2D eigenvalue weighted by atomic mass is 32.1. The number of rotatable bonds is 6. The molecule has 0 radical (unpaired) electrons. The molecule has 4 rings (SSSR count). The number of anilines is 1. The van der Waals surface area contributed by atoms with Gasteiger partial charge in [-0.3, -0.25) is 14.4 Å². The summed E-state index contributed by atoms with van der Waals surface area (Å²) in [6.07, 6.45) is 1.92. The number of thiazole rings is 1. The first kappa shape index (κ1) is 21.0. The number of carbonyl (C=O) groups is 3. The maximum absolute atomic E-state index is 12.6. The number of amides is 3. The summed E-state index contributed by atoms with van der Waals surface area (Å²) in [6.45, 7) is 2.76. The molecule has 1 unspecified atom stereocenters. The van der Waals surface area contributed by atoms with Crippen molar-refractivity contribution < 1.29 is 19.1 Å². The molecule has 4 heterocycles. The Balaban J connectivity index is 1.22. The predicted octanol–water partition coefficient (Wildman–Crippen LogP) is 1.78. The molecule has 0 aromatic carbocycles. The van der Waals surface area contributed by atoms with Crippen molar-refractivity contribution in [3.05, 3.63) is 33.5 Å². The topological polar surface area (TPSA) is 91.8 Å². The summed E-state index contributed by atoms with van der Waals surface area (Å²) in [5.74, 6) is -0.0836. The van der Waals surface area contributed by atoms with Crippen molar-refractivity contribution in [3.8, 4) is 0 Å². The van der Waals surface area contributed by atoms with Crippen LogP contribution in [0, 0.1) is 0 Å². The van der Waals surface area contributed by atoms with Crippen molar-refractivity contribution in [3.63, 3.8) is 0 Å². The van der Waals surface area contributed by atoms with Gasteiger partial charge < -0.3 is 19.9 Å². The van der Waals surface area contributed by atoms with E-state index in [1.54, 1.807) is 26.5 Å². The molecular formula is C20H24N4O4S2. The Morgan fingerprint density at radius 1 is 1.13 bits per heavy atom. The number of piperazine rings is 1. The molecular weight excluding hydrogens is 424 g/mol. The van der Waals surface area contributed by atoms with Gasteiger partial charge in [-0.05, 0) is 24.3 Å². The van der Waals surface area contributed by atoms with Crippen LogP contribution in [0.15, 0.2) is 22.9 Å². The summed E-state index contributed by atoms with van der Waals surface area (Å²) in [5, 5.41) is 7.04. The molecule has 10 heteroatoms. The first-order chi connectivity index (χ1) is 14.6. The van der Waals surface area contributed by atoms with Crippen LogP contribution in [0.2, 0.25) is 0 Å². The molecule has 2 saturated heterocycles. The largest absolute Gasteiger partial charge is 0.368 e. The van der Waals surface area contributed by atoms with Gasteiger partial charge in [-0.25, -0.2) is 4.98 Å². The Morgan fingerprint density at radius 3 is 2.63 bits per heavy atom. The van der Waals surface area contributed by atoms with Crippen LogP contribution >= 0.6 is 22.7 Å². The number of thiophene rings is 1. The summed E-state index contributed by atoms with van der Waals surface area (Å²) >= 11 is 2.86. The van der Waals surface area contributed by atoms with Gasteiger partial charge in [0.1, 0.15) is 6.10 Å². The number of nitrogens with zero attached hydrogens (tertiary/aromatic N) is 3. The van der Waals surface area contributed by atoms with Crippen LogP contribution in [0.5, 0.6) is 0 Å². The fraction of sp³-hybridized carbons (Fsp3) is 0.500. The second kappa shape index (κ2) is 9.67. The quantitative estimate of drug-likeness (QED) is 0.727. The number of ether oxygens (including phenoxy) is 1. The summed E-state index contributed by atoms with van der Waals surface area (Å²) in [7, 11) is 0. The van der Waals surface area contributed by atoms with Gasteiger partial charge in [0.05, 0.1) is 18.5 Å². The Labute approximate surface area is 182 Å². The normalized spacial score (nSPS) is 19.1. The van der Waals surface area contributed by atoms with E-state index in [1.165, 1.54) is 11.3 Å². The van der Waals surface area contributed by atoms with Crippen LogP contribution in [-0.2, 0) is 32.0 Å². The summed E-state index contributed by atoms with van der Waals surface area (Å²) in [5.41, 5.74) is 0.647. The highest BCUT2D eigenvalue weighted by Gasteiger charge is 2.31. The molecule has 0 aliphatic carbocycles. The Bertz CT molecular complexity index is 885. The zero-order chi connectivity index (χ0) is 20.9. The second-order valence-electron chi connectivity index (χ2n) is 7.33. The van der Waals surface area contributed by atoms with Crippen LogP contribution in [0.1, 0.15) is 23.4 Å². The lowest BCUT2D eigenvalue weighted by Gasteiger charge is -2.35. The van der Waals surface area contributed by atoms with E-state index in [9.17, 15) is 14.4 Å². The highest BCUT2D eigenvalue weighted by molar-refractivity contribution is 7.14. The third-order valence-corrected chi connectivity index (χ3v) is 6.88. The first-order valence-corrected chi connectivity index (χ1v) is 11.8. The Hall–Kier alpha value is -2.30. The fourth-order valence-corrected chi connectivity index (χ4v) is 5.03. The molecule has 0 spiro atoms. The van der Waals surface area contributed by atoms with Crippen LogP contribution in [-0.4, -0.2) is 71.4 Å². The van der Waals surface area contributed by atoms with Crippen molar-refractivity contribution in [2.24, 2.45) is 0 Å². The second-order valence-corrected chi connectivity index (χ2v) is 9.22. The van der Waals surface area contributed by atoms with Crippen LogP contribution < -0.4 is 5.32 Å². The minimum absolute atomic E-state index is 0.0130. The zero-order valence-corrected chi connectivity index (χ0v) is 18.2. The van der Waals surface area contributed by atoms with E-state index in [0.717, 1.165) is 17.7 Å². The van der Waals surface area contributed by atoms with Gasteiger partial charge >= 0.3 is 0 Å². The van der Waals surface area contributed by atoms with Crippen molar-refractivity contribution >= 4 is 45.5 Å². The molecule has 2 aliphatic heterocycles. The summed E-state index contributed by atoms with van der Waals surface area (Å²) in [4.78, 5) is 46.1. The molecule has 30 heavy (non-hydrogen) atoms. The maximum Gasteiger partial charge on any atom is 0.251 e. The zero-order valence-electron chi connectivity index (χ0n) is 16.5. The third kappa shape index (κ3) is 5.24. The van der Waals surface area contributed by atoms with Crippen LogP contribution in [0.4, 0.5) is 5.13 Å². The first-order valence-electron chi connectivity index (χ1n) is 10.0. The molecule has 3 amide bonds. The molecule has 160 valence electrons. The van der Waals surface area contributed by atoms with Crippen molar-refractivity contribution in [1.29, 1.82) is 0 Å². The Morgan fingerprint density at radius 2 is 1.93 bits per heavy atom. The van der Waals surface area contributed by atoms with E-state index in [4.69, 9.17) is 4.74 Å². The smallest absolute Gasteiger partial charge is 0.251 e. The van der Waals surface area contributed by atoms with Crippen molar-refractivity contribution in [1.82, 2.24) is 14.8 Å². The number of nitrogens with one attached hydrogen (secondary N) is 1. The minimum Gasteiger partial charge on any atom is -0.368 e. The van der Waals surface area contributed by atoms with Crippen molar-refractivity contribution in [2.45, 2.75) is 31.8 Å². The molecule has 2 aliphatic rings. The lowest BCUT2D eigenvalue weighted by atomic mass is 10.2. The van der Waals surface area contributed by atoms with E-state index in [2.05, 4.69) is 10.3 Å². The summed E-state index contributed by atoms with van der Waals surface area (Å²) in [6, 6.07) is 3.84. The Kier molecular flexibility index (Phi) is 6.76. The number of aromatic nitrogens is 1. The van der Waals surface area contributed by atoms with Gasteiger partial charge in [0.25, 0.3) is 5.91 Å². The van der Waals surface area contributed by atoms with Crippen LogP contribution in [0.3, 0.4) is 0 Å². The number of carbonyl (C=O) groups excluding carboxylic acids is 3. The van der Waals surface area contributed by atoms with E-state index < -0.39 is 0 Å². The highest BCUT2D eigenvalue weighted by Crippen LogP contribution is 2.19. The minimum atomic E-state index is -0.310. The molecule has 2 aromatic heterocycles. The molecule has 2 aromatic rings. The van der Waals surface area contributed by atoms with E-state index in [1.807, 2.05) is 17.5 Å².